The highest BCUT2D eigenvalue weighted by Gasteiger charge is 2.34. The van der Waals surface area contributed by atoms with Crippen molar-refractivity contribution in [2.45, 2.75) is 238 Å². The Bertz CT molecular complexity index is 888. The average molecular weight is 750 g/mol. The molecule has 312 valence electrons. The molecule has 0 saturated carbocycles. The first kappa shape index (κ1) is 48.7. The molecule has 1 saturated heterocycles. The Hall–Kier alpha value is -1.42. The van der Waals surface area contributed by atoms with E-state index in [1.807, 2.05) is 0 Å². The molecule has 0 unspecified atom stereocenters. The fourth-order valence-electron chi connectivity index (χ4n) is 7.99. The maximum atomic E-state index is 6.53. The van der Waals surface area contributed by atoms with Crippen LogP contribution in [-0.2, 0) is 16.0 Å². The summed E-state index contributed by atoms with van der Waals surface area (Å²) in [7, 11) is 0. The van der Waals surface area contributed by atoms with Crippen LogP contribution < -0.4 is 0 Å². The van der Waals surface area contributed by atoms with E-state index in [1.54, 1.807) is 0 Å². The van der Waals surface area contributed by atoms with Crippen LogP contribution in [0.5, 0.6) is 0 Å². The van der Waals surface area contributed by atoms with E-state index in [0.717, 1.165) is 32.8 Å². The Balaban J connectivity index is 1.45. The summed E-state index contributed by atoms with van der Waals surface area (Å²) in [5, 5.41) is 0. The summed E-state index contributed by atoms with van der Waals surface area (Å²) in [4.78, 5) is 2.54. The van der Waals surface area contributed by atoms with E-state index in [9.17, 15) is 0 Å². The maximum absolute atomic E-state index is 6.53. The Morgan fingerprint density at radius 2 is 0.741 bits per heavy atom. The fraction of sp³-hybridized carbons (Fsp3) is 0.804. The number of likely N-dealkylation sites (tertiary alicyclic amines) is 1. The molecule has 1 aromatic carbocycles. The second-order valence-electron chi connectivity index (χ2n) is 16.8. The first-order valence-electron chi connectivity index (χ1n) is 24.1. The zero-order valence-corrected chi connectivity index (χ0v) is 36.3. The third kappa shape index (κ3) is 29.8. The molecule has 3 heteroatoms. The lowest BCUT2D eigenvalue weighted by molar-refractivity contribution is -0.0481. The quantitative estimate of drug-likeness (QED) is 0.0493. The first-order chi connectivity index (χ1) is 26.8. The van der Waals surface area contributed by atoms with Gasteiger partial charge in [0.1, 0.15) is 0 Å². The number of ether oxygens (including phenoxy) is 2. The standard InChI is InChI=1S/C51H91NO2/c1-3-5-7-9-11-13-15-17-19-21-23-25-27-29-31-33-35-40-44-53-50-47-52(46-49-42-38-37-39-43-49)48-51(50)54-45-41-36-34-32-30-28-26-24-22-20-18-16-14-12-10-8-6-4-2/h17-20,37-39,42-43,50-51H,3-16,21-36,40-41,44-48H2,1-2H3/b19-17-,20-18-/t50-,51-/m1/s1. The molecule has 1 aromatic rings. The highest BCUT2D eigenvalue weighted by molar-refractivity contribution is 5.14. The van der Waals surface area contributed by atoms with Gasteiger partial charge in [-0.1, -0.05) is 210 Å². The van der Waals surface area contributed by atoms with Gasteiger partial charge in [-0.3, -0.25) is 4.90 Å². The van der Waals surface area contributed by atoms with Gasteiger partial charge in [0.2, 0.25) is 0 Å². The maximum Gasteiger partial charge on any atom is 0.0975 e. The molecule has 0 amide bonds. The van der Waals surface area contributed by atoms with E-state index in [2.05, 4.69) is 73.4 Å². The van der Waals surface area contributed by atoms with Crippen molar-refractivity contribution in [2.24, 2.45) is 0 Å². The Labute approximate surface area is 337 Å². The Kier molecular flexibility index (Phi) is 34.7. The van der Waals surface area contributed by atoms with Crippen molar-refractivity contribution in [3.8, 4) is 0 Å². The van der Waals surface area contributed by atoms with E-state index < -0.39 is 0 Å². The summed E-state index contributed by atoms with van der Waals surface area (Å²) in [6, 6.07) is 10.9. The van der Waals surface area contributed by atoms with Gasteiger partial charge in [0, 0.05) is 32.8 Å². The molecule has 3 nitrogen and oxygen atoms in total. The summed E-state index contributed by atoms with van der Waals surface area (Å²) >= 11 is 0. The molecule has 2 rings (SSSR count). The summed E-state index contributed by atoms with van der Waals surface area (Å²) in [6.45, 7) is 9.32. The number of hydrogen-bond acceptors (Lipinski definition) is 3. The molecule has 0 bridgehead atoms. The summed E-state index contributed by atoms with van der Waals surface area (Å²) in [5.41, 5.74) is 1.39. The number of nitrogens with zero attached hydrogens (tertiary/aromatic N) is 1. The zero-order chi connectivity index (χ0) is 38.3. The van der Waals surface area contributed by atoms with Crippen LogP contribution in [0.3, 0.4) is 0 Å². The molecule has 0 radical (unpaired) electrons. The van der Waals surface area contributed by atoms with E-state index in [1.165, 1.54) is 211 Å². The number of hydrogen-bond donors (Lipinski definition) is 0. The molecule has 1 fully saturated rings. The van der Waals surface area contributed by atoms with Crippen LogP contribution in [0.4, 0.5) is 0 Å². The minimum atomic E-state index is 0.207. The molecule has 0 N–H and O–H groups in total. The molecule has 0 aromatic heterocycles. The molecule has 0 spiro atoms. The minimum absolute atomic E-state index is 0.207. The third-order valence-electron chi connectivity index (χ3n) is 11.5. The number of allylic oxidation sites excluding steroid dienone is 4. The van der Waals surface area contributed by atoms with Crippen LogP contribution in [0, 0.1) is 0 Å². The van der Waals surface area contributed by atoms with Crippen molar-refractivity contribution in [1.82, 2.24) is 4.90 Å². The van der Waals surface area contributed by atoms with Crippen LogP contribution >= 0.6 is 0 Å². The number of benzene rings is 1. The van der Waals surface area contributed by atoms with Gasteiger partial charge in [0.15, 0.2) is 0 Å². The summed E-state index contributed by atoms with van der Waals surface area (Å²) in [6.07, 6.45) is 53.6. The van der Waals surface area contributed by atoms with Crippen LogP contribution in [0.2, 0.25) is 0 Å². The second kappa shape index (κ2) is 38.5. The van der Waals surface area contributed by atoms with Gasteiger partial charge in [0.25, 0.3) is 0 Å². The van der Waals surface area contributed by atoms with Crippen LogP contribution in [0.1, 0.15) is 225 Å². The molecule has 0 aliphatic carbocycles. The highest BCUT2D eigenvalue weighted by Crippen LogP contribution is 2.21. The number of rotatable bonds is 40. The van der Waals surface area contributed by atoms with E-state index in [4.69, 9.17) is 9.47 Å². The second-order valence-corrected chi connectivity index (χ2v) is 16.8. The Morgan fingerprint density at radius 1 is 0.426 bits per heavy atom. The van der Waals surface area contributed by atoms with Gasteiger partial charge in [0.05, 0.1) is 12.2 Å². The van der Waals surface area contributed by atoms with E-state index in [0.29, 0.717) is 0 Å². The molecule has 1 aliphatic heterocycles. The topological polar surface area (TPSA) is 21.7 Å². The van der Waals surface area contributed by atoms with Crippen molar-refractivity contribution in [3.05, 3.63) is 60.2 Å². The van der Waals surface area contributed by atoms with Crippen molar-refractivity contribution < 1.29 is 9.47 Å². The van der Waals surface area contributed by atoms with Crippen LogP contribution in [-0.4, -0.2) is 43.4 Å². The molecule has 2 atom stereocenters. The predicted molar refractivity (Wildman–Crippen MR) is 239 cm³/mol. The number of unbranched alkanes of at least 4 members (excludes halogenated alkanes) is 28. The largest absolute Gasteiger partial charge is 0.374 e. The van der Waals surface area contributed by atoms with Crippen molar-refractivity contribution in [1.29, 1.82) is 0 Å². The van der Waals surface area contributed by atoms with Crippen LogP contribution in [0.25, 0.3) is 0 Å². The van der Waals surface area contributed by atoms with Gasteiger partial charge in [-0.25, -0.2) is 0 Å². The zero-order valence-electron chi connectivity index (χ0n) is 36.3. The lowest BCUT2D eigenvalue weighted by Gasteiger charge is -2.20. The minimum Gasteiger partial charge on any atom is -0.374 e. The van der Waals surface area contributed by atoms with Gasteiger partial charge >= 0.3 is 0 Å². The summed E-state index contributed by atoms with van der Waals surface area (Å²) < 4.78 is 13.1. The fourth-order valence-corrected chi connectivity index (χ4v) is 7.99. The van der Waals surface area contributed by atoms with Crippen LogP contribution in [0.15, 0.2) is 54.6 Å². The van der Waals surface area contributed by atoms with E-state index in [-0.39, 0.29) is 12.2 Å². The SMILES string of the molecule is CCCCCCCC/C=C\CCCCCCCCCCO[C@@H]1CN(Cc2ccccc2)C[C@H]1OCCCCCCCCCC/C=C\CCCCCCCC. The van der Waals surface area contributed by atoms with Crippen molar-refractivity contribution in [2.75, 3.05) is 26.3 Å². The molecule has 54 heavy (non-hydrogen) atoms. The van der Waals surface area contributed by atoms with Crippen molar-refractivity contribution >= 4 is 0 Å². The molecular formula is C51H91NO2. The molecule has 1 heterocycles. The highest BCUT2D eigenvalue weighted by atomic mass is 16.5. The smallest absolute Gasteiger partial charge is 0.0975 e. The lowest BCUT2D eigenvalue weighted by atomic mass is 10.1. The van der Waals surface area contributed by atoms with E-state index >= 15 is 0 Å². The lowest BCUT2D eigenvalue weighted by Crippen LogP contribution is -2.30. The molecule has 1 aliphatic rings. The predicted octanol–water partition coefficient (Wildman–Crippen LogP) is 15.9. The average Bonchev–Trinajstić information content (AvgIpc) is 3.57. The van der Waals surface area contributed by atoms with Gasteiger partial charge in [-0.05, 0) is 69.8 Å². The monoisotopic (exact) mass is 750 g/mol. The Morgan fingerprint density at radius 3 is 1.09 bits per heavy atom. The first-order valence-corrected chi connectivity index (χ1v) is 24.1. The normalized spacial score (nSPS) is 16.5. The van der Waals surface area contributed by atoms with Gasteiger partial charge in [-0.2, -0.15) is 0 Å². The molecular weight excluding hydrogens is 659 g/mol. The van der Waals surface area contributed by atoms with Gasteiger partial charge < -0.3 is 9.47 Å². The summed E-state index contributed by atoms with van der Waals surface area (Å²) in [5.74, 6) is 0. The third-order valence-corrected chi connectivity index (χ3v) is 11.5. The van der Waals surface area contributed by atoms with Crippen molar-refractivity contribution in [3.63, 3.8) is 0 Å². The van der Waals surface area contributed by atoms with Gasteiger partial charge in [-0.15, -0.1) is 0 Å².